The molecule has 1 aliphatic rings. The Kier molecular flexibility index (Phi) is 4.17. The van der Waals surface area contributed by atoms with Crippen LogP contribution in [-0.2, 0) is 0 Å². The van der Waals surface area contributed by atoms with Crippen molar-refractivity contribution in [3.8, 4) is 0 Å². The molecule has 2 aromatic carbocycles. The zero-order valence-electron chi connectivity index (χ0n) is 12.8. The number of nitrogens with one attached hydrogen (secondary N) is 1. The van der Waals surface area contributed by atoms with Crippen LogP contribution in [0.15, 0.2) is 64.5 Å². The van der Waals surface area contributed by atoms with Crippen molar-refractivity contribution in [3.63, 3.8) is 0 Å². The number of carbonyl (C=O) groups is 1. The average Bonchev–Trinajstić information content (AvgIpc) is 3.40. The van der Waals surface area contributed by atoms with Gasteiger partial charge in [-0.15, -0.1) is 0 Å². The summed E-state index contributed by atoms with van der Waals surface area (Å²) < 4.78 is 0. The molecule has 1 saturated carbocycles. The number of pyridine rings is 1. The van der Waals surface area contributed by atoms with E-state index in [0.29, 0.717) is 16.6 Å². The number of carbonyl (C=O) groups excluding carboxylic acids is 1. The molecule has 0 unspecified atom stereocenters. The molecule has 0 aliphatic heterocycles. The number of para-hydroxylation sites is 1. The summed E-state index contributed by atoms with van der Waals surface area (Å²) in [6.07, 6.45) is 2.13. The molecule has 0 saturated heterocycles. The van der Waals surface area contributed by atoms with E-state index in [1.807, 2.05) is 54.6 Å². The molecule has 1 amide bonds. The van der Waals surface area contributed by atoms with E-state index in [4.69, 9.17) is 11.6 Å². The number of aromatic nitrogens is 1. The summed E-state index contributed by atoms with van der Waals surface area (Å²) in [5.41, 5.74) is 1.48. The van der Waals surface area contributed by atoms with Crippen LogP contribution < -0.4 is 5.32 Å². The minimum Gasteiger partial charge on any atom is -0.349 e. The molecule has 24 heavy (non-hydrogen) atoms. The summed E-state index contributed by atoms with van der Waals surface area (Å²) in [4.78, 5) is 18.2. The van der Waals surface area contributed by atoms with Gasteiger partial charge in [-0.25, -0.2) is 4.98 Å². The fourth-order valence-electron chi connectivity index (χ4n) is 2.52. The van der Waals surface area contributed by atoms with E-state index in [-0.39, 0.29) is 5.91 Å². The van der Waals surface area contributed by atoms with E-state index < -0.39 is 0 Å². The highest BCUT2D eigenvalue weighted by Crippen LogP contribution is 2.34. The van der Waals surface area contributed by atoms with Crippen LogP contribution in [0.2, 0.25) is 5.02 Å². The highest BCUT2D eigenvalue weighted by Gasteiger charge is 2.25. The Hall–Kier alpha value is -2.04. The number of hydrogen-bond donors (Lipinski definition) is 1. The maximum atomic E-state index is 12.6. The first-order chi connectivity index (χ1) is 11.7. The molecular weight excluding hydrogens is 340 g/mol. The summed E-state index contributed by atoms with van der Waals surface area (Å²) in [6, 6.07) is 17.6. The first-order valence-electron chi connectivity index (χ1n) is 7.84. The molecule has 1 aliphatic carbocycles. The molecule has 0 atom stereocenters. The van der Waals surface area contributed by atoms with Crippen LogP contribution in [0.3, 0.4) is 0 Å². The number of fused-ring (bicyclic) bond motifs is 1. The van der Waals surface area contributed by atoms with Crippen molar-refractivity contribution in [2.45, 2.75) is 28.8 Å². The fraction of sp³-hybridized carbons (Fsp3) is 0.158. The van der Waals surface area contributed by atoms with E-state index in [0.717, 1.165) is 33.7 Å². The summed E-state index contributed by atoms with van der Waals surface area (Å²) in [6.45, 7) is 0. The summed E-state index contributed by atoms with van der Waals surface area (Å²) in [5, 5.41) is 5.39. The van der Waals surface area contributed by atoms with Crippen LogP contribution in [0.5, 0.6) is 0 Å². The number of benzene rings is 2. The van der Waals surface area contributed by atoms with Gasteiger partial charge in [0.05, 0.1) is 16.1 Å². The molecule has 3 aromatic rings. The molecule has 0 spiro atoms. The Morgan fingerprint density at radius 2 is 1.88 bits per heavy atom. The van der Waals surface area contributed by atoms with Crippen molar-refractivity contribution in [3.05, 3.63) is 65.2 Å². The maximum absolute atomic E-state index is 12.6. The Balaban J connectivity index is 1.76. The molecule has 0 radical (unpaired) electrons. The van der Waals surface area contributed by atoms with Crippen LogP contribution in [-0.4, -0.2) is 16.9 Å². The summed E-state index contributed by atoms with van der Waals surface area (Å²) in [7, 11) is 0. The van der Waals surface area contributed by atoms with Gasteiger partial charge in [0, 0.05) is 16.3 Å². The largest absolute Gasteiger partial charge is 0.349 e. The monoisotopic (exact) mass is 354 g/mol. The zero-order chi connectivity index (χ0) is 16.5. The van der Waals surface area contributed by atoms with Gasteiger partial charge >= 0.3 is 0 Å². The molecule has 1 N–H and O–H groups in total. The third-order valence-corrected chi connectivity index (χ3v) is 5.34. The zero-order valence-corrected chi connectivity index (χ0v) is 14.4. The van der Waals surface area contributed by atoms with E-state index in [2.05, 4.69) is 10.3 Å². The Bertz CT molecular complexity index is 924. The van der Waals surface area contributed by atoms with Crippen molar-refractivity contribution in [1.29, 1.82) is 0 Å². The molecular formula is C19H15ClN2OS. The van der Waals surface area contributed by atoms with Crippen LogP contribution in [0.25, 0.3) is 10.9 Å². The lowest BCUT2D eigenvalue weighted by Crippen LogP contribution is -2.25. The van der Waals surface area contributed by atoms with Crippen LogP contribution in [0.1, 0.15) is 23.2 Å². The van der Waals surface area contributed by atoms with Gasteiger partial charge < -0.3 is 5.32 Å². The lowest BCUT2D eigenvalue weighted by molar-refractivity contribution is 0.0952. The van der Waals surface area contributed by atoms with E-state index in [9.17, 15) is 4.79 Å². The third kappa shape index (κ3) is 3.25. The van der Waals surface area contributed by atoms with Crippen molar-refractivity contribution < 1.29 is 4.79 Å². The molecule has 120 valence electrons. The normalized spacial score (nSPS) is 13.9. The van der Waals surface area contributed by atoms with Crippen molar-refractivity contribution in [2.24, 2.45) is 0 Å². The highest BCUT2D eigenvalue weighted by atomic mass is 35.5. The lowest BCUT2D eigenvalue weighted by atomic mass is 10.1. The second-order valence-corrected chi connectivity index (χ2v) is 7.27. The molecule has 5 heteroatoms. The molecule has 3 nitrogen and oxygen atoms in total. The second kappa shape index (κ2) is 6.46. The van der Waals surface area contributed by atoms with Crippen molar-refractivity contribution in [2.75, 3.05) is 0 Å². The number of amides is 1. The highest BCUT2D eigenvalue weighted by molar-refractivity contribution is 7.99. The predicted octanol–water partition coefficient (Wildman–Crippen LogP) is 4.93. The minimum absolute atomic E-state index is 0.0305. The van der Waals surface area contributed by atoms with Gasteiger partial charge in [0.25, 0.3) is 5.91 Å². The van der Waals surface area contributed by atoms with Gasteiger partial charge in [0.15, 0.2) is 0 Å². The Labute approximate surface area is 149 Å². The Morgan fingerprint density at radius 1 is 1.12 bits per heavy atom. The van der Waals surface area contributed by atoms with Gasteiger partial charge in [-0.3, -0.25) is 4.79 Å². The van der Waals surface area contributed by atoms with E-state index >= 15 is 0 Å². The standard InChI is InChI=1S/C19H15ClN2OS/c20-15-6-2-4-8-17(15)24-18-11-14(19(23)21-12-9-10-12)13-5-1-3-7-16(13)22-18/h1-8,11-12H,9-10H2,(H,21,23). The lowest BCUT2D eigenvalue weighted by Gasteiger charge is -2.10. The van der Waals surface area contributed by atoms with Gasteiger partial charge in [0.1, 0.15) is 5.03 Å². The van der Waals surface area contributed by atoms with Crippen LogP contribution in [0.4, 0.5) is 0 Å². The number of hydrogen-bond acceptors (Lipinski definition) is 3. The van der Waals surface area contributed by atoms with Crippen LogP contribution >= 0.6 is 23.4 Å². The quantitative estimate of drug-likeness (QED) is 0.722. The Morgan fingerprint density at radius 3 is 2.67 bits per heavy atom. The SMILES string of the molecule is O=C(NC1CC1)c1cc(Sc2ccccc2Cl)nc2ccccc12. The second-order valence-electron chi connectivity index (χ2n) is 5.81. The molecule has 1 heterocycles. The van der Waals surface area contributed by atoms with E-state index in [1.54, 1.807) is 0 Å². The van der Waals surface area contributed by atoms with Gasteiger partial charge in [-0.2, -0.15) is 0 Å². The number of nitrogens with zero attached hydrogens (tertiary/aromatic N) is 1. The van der Waals surface area contributed by atoms with Gasteiger partial charge in [-0.05, 0) is 37.1 Å². The molecule has 4 rings (SSSR count). The minimum atomic E-state index is -0.0305. The molecule has 1 aromatic heterocycles. The van der Waals surface area contributed by atoms with E-state index in [1.165, 1.54) is 11.8 Å². The molecule has 1 fully saturated rings. The van der Waals surface area contributed by atoms with Crippen molar-refractivity contribution in [1.82, 2.24) is 10.3 Å². The summed E-state index contributed by atoms with van der Waals surface area (Å²) in [5.74, 6) is -0.0305. The topological polar surface area (TPSA) is 42.0 Å². The average molecular weight is 355 g/mol. The third-order valence-electron chi connectivity index (χ3n) is 3.90. The molecule has 0 bridgehead atoms. The number of halogens is 1. The van der Waals surface area contributed by atoms with Crippen LogP contribution in [0, 0.1) is 0 Å². The predicted molar refractivity (Wildman–Crippen MR) is 97.8 cm³/mol. The first kappa shape index (κ1) is 15.5. The maximum Gasteiger partial charge on any atom is 0.252 e. The first-order valence-corrected chi connectivity index (χ1v) is 9.03. The van der Waals surface area contributed by atoms with Gasteiger partial charge in [-0.1, -0.05) is 53.7 Å². The summed E-state index contributed by atoms with van der Waals surface area (Å²) >= 11 is 7.72. The smallest absolute Gasteiger partial charge is 0.252 e. The fourth-order valence-corrected chi connectivity index (χ4v) is 3.63. The number of rotatable bonds is 4. The van der Waals surface area contributed by atoms with Crippen molar-refractivity contribution >= 4 is 40.2 Å². The van der Waals surface area contributed by atoms with Gasteiger partial charge in [0.2, 0.25) is 0 Å².